The summed E-state index contributed by atoms with van der Waals surface area (Å²) in [5.74, 6) is 0.483. The Bertz CT molecular complexity index is 409. The summed E-state index contributed by atoms with van der Waals surface area (Å²) in [6.07, 6.45) is 5.66. The molecular weight excluding hydrogens is 276 g/mol. The Morgan fingerprint density at radius 1 is 1.05 bits per heavy atom. The summed E-state index contributed by atoms with van der Waals surface area (Å²) < 4.78 is 10.7. The number of unbranched alkanes of at least 4 members (excludes halogenated alkanes) is 1. The number of esters is 1. The molecule has 124 valence electrons. The molecule has 0 heterocycles. The van der Waals surface area contributed by atoms with Crippen LogP contribution < -0.4 is 0 Å². The Hall–Kier alpha value is -1.35. The van der Waals surface area contributed by atoms with Crippen LogP contribution in [0.5, 0.6) is 0 Å². The summed E-state index contributed by atoms with van der Waals surface area (Å²) in [5.41, 5.74) is 1.86. The number of carbonyl (C=O) groups is 1. The van der Waals surface area contributed by atoms with Crippen molar-refractivity contribution in [2.24, 2.45) is 5.92 Å². The van der Waals surface area contributed by atoms with E-state index in [2.05, 4.69) is 20.8 Å². The lowest BCUT2D eigenvalue weighted by Crippen LogP contribution is -2.11. The molecule has 0 unspecified atom stereocenters. The van der Waals surface area contributed by atoms with Crippen molar-refractivity contribution in [2.75, 3.05) is 19.8 Å². The molecule has 0 aliphatic carbocycles. The summed E-state index contributed by atoms with van der Waals surface area (Å²) in [4.78, 5) is 11.8. The van der Waals surface area contributed by atoms with Gasteiger partial charge in [-0.25, -0.2) is 4.79 Å². The van der Waals surface area contributed by atoms with Crippen LogP contribution >= 0.6 is 0 Å². The largest absolute Gasteiger partial charge is 0.460 e. The van der Waals surface area contributed by atoms with E-state index in [0.717, 1.165) is 31.8 Å². The van der Waals surface area contributed by atoms with E-state index in [1.807, 2.05) is 24.3 Å². The molecule has 0 saturated carbocycles. The minimum absolute atomic E-state index is 0.272. The first kappa shape index (κ1) is 18.7. The van der Waals surface area contributed by atoms with E-state index in [1.165, 1.54) is 18.4 Å². The molecule has 0 amide bonds. The molecular formula is C19H30O3. The fourth-order valence-corrected chi connectivity index (χ4v) is 2.23. The van der Waals surface area contributed by atoms with Crippen LogP contribution in [0.3, 0.4) is 0 Å². The molecule has 0 spiro atoms. The number of rotatable bonds is 11. The minimum Gasteiger partial charge on any atom is -0.460 e. The molecule has 1 aromatic carbocycles. The summed E-state index contributed by atoms with van der Waals surface area (Å²) >= 11 is 0. The van der Waals surface area contributed by atoms with Crippen LogP contribution in [0.4, 0.5) is 0 Å². The van der Waals surface area contributed by atoms with E-state index in [4.69, 9.17) is 9.47 Å². The maximum absolute atomic E-state index is 11.8. The van der Waals surface area contributed by atoms with Gasteiger partial charge < -0.3 is 9.47 Å². The fraction of sp³-hybridized carbons (Fsp3) is 0.632. The highest BCUT2D eigenvalue weighted by molar-refractivity contribution is 5.89. The standard InChI is InChI=1S/C19H30O3/c1-4-7-17-9-11-18(12-10-17)19(20)22-15-14-21-13-6-5-8-16(2)3/h9-12,16H,4-8,13-15H2,1-3H3. The van der Waals surface area contributed by atoms with Gasteiger partial charge in [0.05, 0.1) is 12.2 Å². The third kappa shape index (κ3) is 8.18. The fourth-order valence-electron chi connectivity index (χ4n) is 2.23. The van der Waals surface area contributed by atoms with Gasteiger partial charge in [-0.15, -0.1) is 0 Å². The molecule has 0 aliphatic heterocycles. The van der Waals surface area contributed by atoms with Gasteiger partial charge in [-0.3, -0.25) is 0 Å². The van der Waals surface area contributed by atoms with E-state index in [9.17, 15) is 4.79 Å². The number of hydrogen-bond acceptors (Lipinski definition) is 3. The first-order chi connectivity index (χ1) is 10.6. The van der Waals surface area contributed by atoms with Gasteiger partial charge in [0.2, 0.25) is 0 Å². The zero-order valence-corrected chi connectivity index (χ0v) is 14.3. The Balaban J connectivity index is 2.10. The highest BCUT2D eigenvalue weighted by atomic mass is 16.6. The van der Waals surface area contributed by atoms with E-state index in [-0.39, 0.29) is 5.97 Å². The SMILES string of the molecule is CCCc1ccc(C(=O)OCCOCCCCC(C)C)cc1. The first-order valence-corrected chi connectivity index (χ1v) is 8.47. The lowest BCUT2D eigenvalue weighted by molar-refractivity contribution is 0.0311. The molecule has 0 fully saturated rings. The lowest BCUT2D eigenvalue weighted by atomic mass is 10.1. The van der Waals surface area contributed by atoms with Gasteiger partial charge in [-0.2, -0.15) is 0 Å². The van der Waals surface area contributed by atoms with Crippen LogP contribution in [-0.2, 0) is 15.9 Å². The van der Waals surface area contributed by atoms with E-state index in [0.29, 0.717) is 18.8 Å². The van der Waals surface area contributed by atoms with Gasteiger partial charge in [-0.05, 0) is 36.5 Å². The predicted molar refractivity (Wildman–Crippen MR) is 90.2 cm³/mol. The predicted octanol–water partition coefficient (Wildman–Crippen LogP) is 4.64. The van der Waals surface area contributed by atoms with Crippen LogP contribution in [0.15, 0.2) is 24.3 Å². The zero-order chi connectivity index (χ0) is 16.2. The molecule has 22 heavy (non-hydrogen) atoms. The molecule has 1 aromatic rings. The highest BCUT2D eigenvalue weighted by Gasteiger charge is 2.06. The van der Waals surface area contributed by atoms with E-state index < -0.39 is 0 Å². The van der Waals surface area contributed by atoms with E-state index >= 15 is 0 Å². The Morgan fingerprint density at radius 2 is 1.77 bits per heavy atom. The number of benzene rings is 1. The molecule has 0 aliphatic rings. The highest BCUT2D eigenvalue weighted by Crippen LogP contribution is 2.08. The second kappa shape index (κ2) is 11.2. The quantitative estimate of drug-likeness (QED) is 0.441. The number of ether oxygens (including phenoxy) is 2. The minimum atomic E-state index is -0.272. The molecule has 3 nitrogen and oxygen atoms in total. The maximum Gasteiger partial charge on any atom is 0.338 e. The second-order valence-corrected chi connectivity index (χ2v) is 6.08. The Kier molecular flexibility index (Phi) is 9.56. The second-order valence-electron chi connectivity index (χ2n) is 6.08. The topological polar surface area (TPSA) is 35.5 Å². The van der Waals surface area contributed by atoms with Crippen LogP contribution in [0, 0.1) is 5.92 Å². The average Bonchev–Trinajstić information content (AvgIpc) is 2.50. The third-order valence-electron chi connectivity index (χ3n) is 3.51. The van der Waals surface area contributed by atoms with Crippen molar-refractivity contribution in [2.45, 2.75) is 52.9 Å². The summed E-state index contributed by atoms with van der Waals surface area (Å²) in [6.45, 7) is 8.15. The molecule has 0 aromatic heterocycles. The molecule has 0 saturated heterocycles. The van der Waals surface area contributed by atoms with Crippen molar-refractivity contribution in [3.63, 3.8) is 0 Å². The molecule has 0 atom stereocenters. The number of carbonyl (C=O) groups excluding carboxylic acids is 1. The average molecular weight is 306 g/mol. The van der Waals surface area contributed by atoms with Crippen LogP contribution in [0.25, 0.3) is 0 Å². The van der Waals surface area contributed by atoms with Gasteiger partial charge in [0, 0.05) is 6.61 Å². The van der Waals surface area contributed by atoms with Crippen molar-refractivity contribution >= 4 is 5.97 Å². The van der Waals surface area contributed by atoms with Crippen molar-refractivity contribution < 1.29 is 14.3 Å². The van der Waals surface area contributed by atoms with Crippen LogP contribution in [-0.4, -0.2) is 25.8 Å². The maximum atomic E-state index is 11.8. The molecule has 0 N–H and O–H groups in total. The van der Waals surface area contributed by atoms with Crippen molar-refractivity contribution in [1.82, 2.24) is 0 Å². The van der Waals surface area contributed by atoms with E-state index in [1.54, 1.807) is 0 Å². The zero-order valence-electron chi connectivity index (χ0n) is 14.3. The number of aryl methyl sites for hydroxylation is 1. The molecule has 1 rings (SSSR count). The Labute approximate surface area is 135 Å². The van der Waals surface area contributed by atoms with Crippen molar-refractivity contribution in [1.29, 1.82) is 0 Å². The van der Waals surface area contributed by atoms with Gasteiger partial charge in [-0.1, -0.05) is 52.2 Å². The lowest BCUT2D eigenvalue weighted by Gasteiger charge is -2.07. The number of hydrogen-bond donors (Lipinski definition) is 0. The van der Waals surface area contributed by atoms with Gasteiger partial charge in [0.1, 0.15) is 6.61 Å². The molecule has 0 radical (unpaired) electrons. The summed E-state index contributed by atoms with van der Waals surface area (Å²) in [5, 5.41) is 0. The van der Waals surface area contributed by atoms with Crippen molar-refractivity contribution in [3.05, 3.63) is 35.4 Å². The van der Waals surface area contributed by atoms with Gasteiger partial charge >= 0.3 is 5.97 Å². The van der Waals surface area contributed by atoms with Gasteiger partial charge in [0.15, 0.2) is 0 Å². The summed E-state index contributed by atoms with van der Waals surface area (Å²) in [6, 6.07) is 7.65. The Morgan fingerprint density at radius 3 is 2.41 bits per heavy atom. The third-order valence-corrected chi connectivity index (χ3v) is 3.51. The monoisotopic (exact) mass is 306 g/mol. The molecule has 0 bridgehead atoms. The smallest absolute Gasteiger partial charge is 0.338 e. The van der Waals surface area contributed by atoms with Crippen molar-refractivity contribution in [3.8, 4) is 0 Å². The summed E-state index contributed by atoms with van der Waals surface area (Å²) in [7, 11) is 0. The molecule has 3 heteroatoms. The van der Waals surface area contributed by atoms with Crippen LogP contribution in [0.1, 0.15) is 62.4 Å². The normalized spacial score (nSPS) is 10.9. The van der Waals surface area contributed by atoms with Crippen LogP contribution in [0.2, 0.25) is 0 Å². The first-order valence-electron chi connectivity index (χ1n) is 8.47. The van der Waals surface area contributed by atoms with Gasteiger partial charge in [0.25, 0.3) is 0 Å².